The Hall–Kier alpha value is -3.15. The molecule has 3 aromatic rings. The summed E-state index contributed by atoms with van der Waals surface area (Å²) in [6.45, 7) is 5.29. The molecule has 0 aliphatic carbocycles. The first-order chi connectivity index (χ1) is 13.5. The van der Waals surface area contributed by atoms with Crippen LogP contribution in [0.25, 0.3) is 10.9 Å². The lowest BCUT2D eigenvalue weighted by atomic mass is 10.1. The number of carbonyl (C=O) groups is 1. The topological polar surface area (TPSA) is 61.7 Å². The third-order valence-corrected chi connectivity index (χ3v) is 4.55. The van der Waals surface area contributed by atoms with E-state index in [4.69, 9.17) is 14.2 Å². The molecule has 1 amide bonds. The molecule has 0 atom stereocenters. The van der Waals surface area contributed by atoms with E-state index in [2.05, 4.69) is 36.0 Å². The van der Waals surface area contributed by atoms with Crippen molar-refractivity contribution in [2.75, 3.05) is 26.6 Å². The Morgan fingerprint density at radius 2 is 1.71 bits per heavy atom. The first-order valence-corrected chi connectivity index (χ1v) is 9.17. The van der Waals surface area contributed by atoms with Crippen molar-refractivity contribution < 1.29 is 19.0 Å². The molecule has 0 saturated carbocycles. The molecule has 1 N–H and O–H groups in total. The van der Waals surface area contributed by atoms with E-state index in [-0.39, 0.29) is 5.91 Å². The molecule has 0 saturated heterocycles. The maximum Gasteiger partial charge on any atom is 0.255 e. The van der Waals surface area contributed by atoms with Crippen LogP contribution in [0.5, 0.6) is 17.2 Å². The zero-order valence-electron chi connectivity index (χ0n) is 16.9. The largest absolute Gasteiger partial charge is 0.493 e. The Morgan fingerprint density at radius 1 is 1.04 bits per heavy atom. The molecule has 0 spiro atoms. The maximum atomic E-state index is 12.9. The zero-order valence-corrected chi connectivity index (χ0v) is 16.9. The van der Waals surface area contributed by atoms with Crippen molar-refractivity contribution in [1.29, 1.82) is 0 Å². The molecule has 0 aliphatic heterocycles. The number of rotatable bonds is 7. The van der Waals surface area contributed by atoms with E-state index in [0.717, 1.165) is 23.1 Å². The van der Waals surface area contributed by atoms with Crippen molar-refractivity contribution >= 4 is 22.5 Å². The van der Waals surface area contributed by atoms with E-state index in [1.807, 2.05) is 18.2 Å². The van der Waals surface area contributed by atoms with Crippen molar-refractivity contribution in [2.24, 2.45) is 5.92 Å². The number of hydrogen-bond donors (Lipinski definition) is 1. The molecule has 0 unspecified atom stereocenters. The second-order valence-corrected chi connectivity index (χ2v) is 6.97. The second-order valence-electron chi connectivity index (χ2n) is 6.97. The third-order valence-electron chi connectivity index (χ3n) is 4.55. The Labute approximate surface area is 165 Å². The van der Waals surface area contributed by atoms with Crippen molar-refractivity contribution in [3.05, 3.63) is 48.2 Å². The van der Waals surface area contributed by atoms with Crippen molar-refractivity contribution in [3.8, 4) is 17.2 Å². The molecule has 0 bridgehead atoms. The molecule has 6 heteroatoms. The number of nitrogens with zero attached hydrogens (tertiary/aromatic N) is 1. The van der Waals surface area contributed by atoms with E-state index in [1.54, 1.807) is 12.1 Å². The van der Waals surface area contributed by atoms with Crippen LogP contribution in [-0.2, 0) is 6.54 Å². The lowest BCUT2D eigenvalue weighted by Crippen LogP contribution is -2.13. The number of methoxy groups -OCH3 is 3. The number of benzene rings is 2. The van der Waals surface area contributed by atoms with E-state index in [0.29, 0.717) is 28.7 Å². The summed E-state index contributed by atoms with van der Waals surface area (Å²) in [6, 6.07) is 11.2. The minimum Gasteiger partial charge on any atom is -0.493 e. The van der Waals surface area contributed by atoms with Crippen LogP contribution < -0.4 is 19.5 Å². The number of hydrogen-bond acceptors (Lipinski definition) is 4. The van der Waals surface area contributed by atoms with Gasteiger partial charge in [-0.1, -0.05) is 19.9 Å². The summed E-state index contributed by atoms with van der Waals surface area (Å²) in [6.07, 6.45) is 2.06. The average Bonchev–Trinajstić information content (AvgIpc) is 3.09. The fourth-order valence-electron chi connectivity index (χ4n) is 3.29. The minimum absolute atomic E-state index is 0.247. The number of fused-ring (bicyclic) bond motifs is 1. The highest BCUT2D eigenvalue weighted by molar-refractivity contribution is 6.09. The lowest BCUT2D eigenvalue weighted by Gasteiger charge is -2.14. The van der Waals surface area contributed by atoms with Gasteiger partial charge in [0.05, 0.1) is 32.5 Å². The Balaban J connectivity index is 1.94. The van der Waals surface area contributed by atoms with Crippen LogP contribution >= 0.6 is 0 Å². The summed E-state index contributed by atoms with van der Waals surface area (Å²) in [5.74, 6) is 1.62. The number of ether oxygens (including phenoxy) is 3. The average molecular weight is 382 g/mol. The van der Waals surface area contributed by atoms with Crippen LogP contribution in [0.3, 0.4) is 0 Å². The number of anilines is 1. The number of carbonyl (C=O) groups excluding carboxylic acids is 1. The van der Waals surface area contributed by atoms with Gasteiger partial charge in [-0.05, 0) is 36.2 Å². The van der Waals surface area contributed by atoms with Gasteiger partial charge in [-0.3, -0.25) is 4.79 Å². The predicted molar refractivity (Wildman–Crippen MR) is 111 cm³/mol. The van der Waals surface area contributed by atoms with Crippen LogP contribution in [0.2, 0.25) is 0 Å². The molecule has 6 nitrogen and oxygen atoms in total. The molecular formula is C22H26N2O4. The lowest BCUT2D eigenvalue weighted by molar-refractivity contribution is 0.102. The second kappa shape index (κ2) is 8.25. The van der Waals surface area contributed by atoms with Gasteiger partial charge in [-0.2, -0.15) is 0 Å². The summed E-state index contributed by atoms with van der Waals surface area (Å²) < 4.78 is 18.2. The molecule has 1 heterocycles. The van der Waals surface area contributed by atoms with Gasteiger partial charge in [0.2, 0.25) is 5.75 Å². The quantitative estimate of drug-likeness (QED) is 0.650. The van der Waals surface area contributed by atoms with E-state index in [9.17, 15) is 4.79 Å². The monoisotopic (exact) mass is 382 g/mol. The Morgan fingerprint density at radius 3 is 2.29 bits per heavy atom. The summed E-state index contributed by atoms with van der Waals surface area (Å²) in [4.78, 5) is 12.9. The highest BCUT2D eigenvalue weighted by atomic mass is 16.5. The van der Waals surface area contributed by atoms with Gasteiger partial charge in [-0.25, -0.2) is 0 Å². The van der Waals surface area contributed by atoms with Gasteiger partial charge >= 0.3 is 0 Å². The highest BCUT2D eigenvalue weighted by Crippen LogP contribution is 2.38. The van der Waals surface area contributed by atoms with E-state index >= 15 is 0 Å². The molecule has 0 radical (unpaired) electrons. The predicted octanol–water partition coefficient (Wildman–Crippen LogP) is 4.58. The Kier molecular flexibility index (Phi) is 5.78. The fourth-order valence-corrected chi connectivity index (χ4v) is 3.29. The van der Waals surface area contributed by atoms with Crippen LogP contribution in [0.1, 0.15) is 24.2 Å². The molecule has 1 aromatic heterocycles. The van der Waals surface area contributed by atoms with Gasteiger partial charge in [-0.15, -0.1) is 0 Å². The Bertz CT molecular complexity index is 966. The smallest absolute Gasteiger partial charge is 0.255 e. The van der Waals surface area contributed by atoms with Gasteiger partial charge in [0, 0.05) is 23.7 Å². The number of aromatic nitrogens is 1. The molecule has 3 rings (SSSR count). The molecule has 2 aromatic carbocycles. The van der Waals surface area contributed by atoms with Gasteiger partial charge in [0.15, 0.2) is 11.5 Å². The van der Waals surface area contributed by atoms with Crippen molar-refractivity contribution in [3.63, 3.8) is 0 Å². The normalized spacial score (nSPS) is 10.9. The van der Waals surface area contributed by atoms with Gasteiger partial charge in [0.25, 0.3) is 5.91 Å². The molecule has 28 heavy (non-hydrogen) atoms. The number of nitrogens with one attached hydrogen (secondary N) is 1. The van der Waals surface area contributed by atoms with Crippen LogP contribution in [0, 0.1) is 5.92 Å². The molecule has 148 valence electrons. The first-order valence-electron chi connectivity index (χ1n) is 9.17. The summed E-state index contributed by atoms with van der Waals surface area (Å²) in [5.41, 5.74) is 2.28. The molecular weight excluding hydrogens is 356 g/mol. The van der Waals surface area contributed by atoms with E-state index in [1.165, 1.54) is 21.3 Å². The van der Waals surface area contributed by atoms with Crippen LogP contribution in [-0.4, -0.2) is 31.8 Å². The SMILES string of the molecule is COc1cc(C(=O)Nc2cccc3c2ccn3CC(C)C)cc(OC)c1OC. The standard InChI is InChI=1S/C22H26N2O4/c1-14(2)13-24-10-9-16-17(7-6-8-18(16)24)23-22(25)15-11-19(26-3)21(28-5)20(12-15)27-4/h6-12,14H,13H2,1-5H3,(H,23,25). The summed E-state index contributed by atoms with van der Waals surface area (Å²) >= 11 is 0. The van der Waals surface area contributed by atoms with E-state index < -0.39 is 0 Å². The fraction of sp³-hybridized carbons (Fsp3) is 0.318. The van der Waals surface area contributed by atoms with Gasteiger partial charge in [0.1, 0.15) is 0 Å². The summed E-state index contributed by atoms with van der Waals surface area (Å²) in [5, 5.41) is 4.01. The van der Waals surface area contributed by atoms with Gasteiger partial charge < -0.3 is 24.1 Å². The summed E-state index contributed by atoms with van der Waals surface area (Å²) in [7, 11) is 4.58. The molecule has 0 aliphatic rings. The van der Waals surface area contributed by atoms with Crippen molar-refractivity contribution in [1.82, 2.24) is 4.57 Å². The third kappa shape index (κ3) is 3.76. The van der Waals surface area contributed by atoms with Crippen LogP contribution in [0.15, 0.2) is 42.6 Å². The highest BCUT2D eigenvalue weighted by Gasteiger charge is 2.18. The van der Waals surface area contributed by atoms with Crippen LogP contribution in [0.4, 0.5) is 5.69 Å². The van der Waals surface area contributed by atoms with Crippen molar-refractivity contribution in [2.45, 2.75) is 20.4 Å². The minimum atomic E-state index is -0.247. The maximum absolute atomic E-state index is 12.9. The molecule has 0 fully saturated rings. The number of amides is 1. The zero-order chi connectivity index (χ0) is 20.3. The first kappa shape index (κ1) is 19.6.